The van der Waals surface area contributed by atoms with Crippen LogP contribution in [0.1, 0.15) is 127 Å². The van der Waals surface area contributed by atoms with E-state index in [0.29, 0.717) is 53.3 Å². The molecular weight excluding hydrogens is 1530 g/mol. The molecule has 0 spiro atoms. The molecule has 12 atom stereocenters. The minimum absolute atomic E-state index is 0.00399. The molecule has 2 aromatic heterocycles. The average Bonchev–Trinajstić information content (AvgIpc) is 1.64. The Morgan fingerprint density at radius 1 is 0.559 bits per heavy atom. The van der Waals surface area contributed by atoms with Crippen molar-refractivity contribution in [2.45, 2.75) is 203 Å². The lowest BCUT2D eigenvalue weighted by molar-refractivity contribution is -0.142. The number of hydrogen-bond donors (Lipinski definition) is 23. The van der Waals surface area contributed by atoms with Gasteiger partial charge in [0.05, 0.1) is 26.1 Å². The first-order chi connectivity index (χ1) is 56.3. The number of primary amides is 1. The molecule has 5 aromatic rings. The number of H-pyrrole nitrogens is 2. The lowest BCUT2D eigenvalue weighted by Crippen LogP contribution is -2.61. The number of carbonyl (C=O) groups excluding carboxylic acids is 14. The molecule has 40 heteroatoms. The second-order valence-corrected chi connectivity index (χ2v) is 29.0. The third-order valence-corrected chi connectivity index (χ3v) is 19.5. The number of aliphatic hydroxyl groups is 2. The van der Waals surface area contributed by atoms with Crippen molar-refractivity contribution in [1.29, 1.82) is 5.41 Å². The number of para-hydroxylation sites is 1. The molecule has 3 aromatic carbocycles. The number of aromatic nitrogens is 3. The van der Waals surface area contributed by atoms with E-state index in [4.69, 9.17) is 22.6 Å². The van der Waals surface area contributed by atoms with Crippen molar-refractivity contribution in [3.8, 4) is 5.75 Å². The number of nitrogens with two attached hydrogens (primary N) is 3. The van der Waals surface area contributed by atoms with Crippen LogP contribution in [0.25, 0.3) is 10.9 Å². The quantitative estimate of drug-likeness (QED) is 0.01000. The fourth-order valence-corrected chi connectivity index (χ4v) is 13.1. The molecule has 3 heterocycles. The predicted octanol–water partition coefficient (Wildman–Crippen LogP) is -4.10. The van der Waals surface area contributed by atoms with Crippen LogP contribution < -0.4 is 86.3 Å². The van der Waals surface area contributed by atoms with E-state index in [-0.39, 0.29) is 101 Å². The number of rotatable bonds is 50. The average molecular weight is 1650 g/mol. The normalized spacial score (nSPS) is 15.2. The number of imidazole rings is 1. The number of carbonyl (C=O) groups is 15. The number of nitrogens with zero attached hydrogens (tertiary/aromatic N) is 2. The molecule has 1 fully saturated rings. The molecule has 6 rings (SSSR count). The number of aromatic hydroxyl groups is 1. The number of guanidine groups is 1. The number of phenols is 1. The number of carboxylic acids is 1. The highest BCUT2D eigenvalue weighted by Gasteiger charge is 2.41. The number of likely N-dealkylation sites (tertiary alicyclic amines) is 1. The van der Waals surface area contributed by atoms with Gasteiger partial charge < -0.3 is 122 Å². The number of unbranched alkanes of at least 4 members (excludes halogenated alkanes) is 2. The van der Waals surface area contributed by atoms with Gasteiger partial charge in [0.2, 0.25) is 82.7 Å². The van der Waals surface area contributed by atoms with Gasteiger partial charge in [-0.1, -0.05) is 94.3 Å². The van der Waals surface area contributed by atoms with Crippen molar-refractivity contribution in [3.05, 3.63) is 120 Å². The smallest absolute Gasteiger partial charge is 0.303 e. The number of benzene rings is 3. The zero-order valence-corrected chi connectivity index (χ0v) is 66.3. The fourth-order valence-electron chi connectivity index (χ4n) is 13.1. The van der Waals surface area contributed by atoms with Crippen LogP contribution in [0.3, 0.4) is 0 Å². The number of aromatic amines is 2. The second kappa shape index (κ2) is 48.1. The summed E-state index contributed by atoms with van der Waals surface area (Å²) < 4.78 is 0. The molecule has 26 N–H and O–H groups in total. The van der Waals surface area contributed by atoms with Crippen molar-refractivity contribution in [2.75, 3.05) is 39.4 Å². The summed E-state index contributed by atoms with van der Waals surface area (Å²) in [7, 11) is 0. The maximum absolute atomic E-state index is 15.2. The molecule has 0 radical (unpaired) electrons. The van der Waals surface area contributed by atoms with E-state index in [9.17, 15) is 78.0 Å². The summed E-state index contributed by atoms with van der Waals surface area (Å²) in [4.78, 5) is 220. The highest BCUT2D eigenvalue weighted by Crippen LogP contribution is 2.23. The number of nitrogens with one attached hydrogen (secondary N) is 16. The summed E-state index contributed by atoms with van der Waals surface area (Å²) in [6.07, 6.45) is 3.71. The van der Waals surface area contributed by atoms with E-state index in [1.54, 1.807) is 81.6 Å². The number of hydrogen-bond acceptors (Lipinski definition) is 21. The Bertz CT molecular complexity index is 4240. The van der Waals surface area contributed by atoms with Crippen LogP contribution in [-0.4, -0.2) is 247 Å². The van der Waals surface area contributed by atoms with Gasteiger partial charge in [-0.3, -0.25) is 77.3 Å². The Labute approximate surface area is 680 Å². The Balaban J connectivity index is 1.25. The van der Waals surface area contributed by atoms with Gasteiger partial charge in [-0.05, 0) is 105 Å². The maximum Gasteiger partial charge on any atom is 0.303 e. The maximum atomic E-state index is 15.2. The van der Waals surface area contributed by atoms with Gasteiger partial charge in [-0.15, -0.1) is 0 Å². The number of fused-ring (bicyclic) bond motifs is 1. The first kappa shape index (κ1) is 94.3. The molecule has 1 aliphatic heterocycles. The molecule has 1 aliphatic rings. The molecule has 0 saturated carbocycles. The van der Waals surface area contributed by atoms with Gasteiger partial charge in [0.1, 0.15) is 78.3 Å². The molecule has 40 nitrogen and oxygen atoms in total. The zero-order valence-electron chi connectivity index (χ0n) is 66.3. The summed E-state index contributed by atoms with van der Waals surface area (Å²) in [5.41, 5.74) is 19.3. The van der Waals surface area contributed by atoms with Gasteiger partial charge in [0, 0.05) is 81.1 Å². The summed E-state index contributed by atoms with van der Waals surface area (Å²) in [6.45, 7) is 3.96. The first-order valence-electron chi connectivity index (χ1n) is 39.1. The fraction of sp³-hybridized carbons (Fsp3) is 0.500. The van der Waals surface area contributed by atoms with Crippen LogP contribution in [0.5, 0.6) is 5.75 Å². The van der Waals surface area contributed by atoms with E-state index in [1.165, 1.54) is 41.7 Å². The van der Waals surface area contributed by atoms with Crippen LogP contribution in [-0.2, 0) is 97.6 Å². The second-order valence-electron chi connectivity index (χ2n) is 29.0. The van der Waals surface area contributed by atoms with Gasteiger partial charge in [0.15, 0.2) is 5.96 Å². The topological polar surface area (TPSA) is 643 Å². The molecular formula is C78H111N21O19. The predicted molar refractivity (Wildman–Crippen MR) is 428 cm³/mol. The van der Waals surface area contributed by atoms with Gasteiger partial charge in [-0.2, -0.15) is 0 Å². The lowest BCUT2D eigenvalue weighted by Gasteiger charge is -2.30. The van der Waals surface area contributed by atoms with Crippen molar-refractivity contribution in [1.82, 2.24) is 89.0 Å². The Morgan fingerprint density at radius 2 is 1.07 bits per heavy atom. The number of carboxylic acid groups (broad SMARTS) is 1. The molecule has 118 heavy (non-hydrogen) atoms. The Morgan fingerprint density at radius 3 is 1.60 bits per heavy atom. The van der Waals surface area contributed by atoms with Crippen molar-refractivity contribution in [3.63, 3.8) is 0 Å². The summed E-state index contributed by atoms with van der Waals surface area (Å²) >= 11 is 0. The van der Waals surface area contributed by atoms with Crippen molar-refractivity contribution in [2.24, 2.45) is 23.1 Å². The summed E-state index contributed by atoms with van der Waals surface area (Å²) in [5, 5.41) is 81.9. The SMILES string of the molecule is CCCC[C@H](NC(=O)[C@H](CO)NC(=O)[C@H](Cc1ccc(O)cc1)NC(=O)[C@H](CO)NC(C)=O)C(=O)N[C@@H](CCC(=O)O)C(=O)N[C@@H](Cc1cnc[nH]1)C(=O)N[C@H](Cc1ccccc1)C(=O)N[C@H](CCCNC(=N)N)C(=O)N[C@@H](Cc1c[nH]c2ccccc12)C(=O)NCC(=O)N[C@@H](CCCCN)C(=O)N1CCC[C@H]1C(=O)N[C@H](C(N)=O)C(C)C. The minimum atomic E-state index is -1.83. The Kier molecular flexibility index (Phi) is 38.4. The van der Waals surface area contributed by atoms with Crippen LogP contribution in [0.2, 0.25) is 0 Å². The molecule has 1 saturated heterocycles. The van der Waals surface area contributed by atoms with E-state index in [2.05, 4.69) is 84.1 Å². The minimum Gasteiger partial charge on any atom is -0.508 e. The highest BCUT2D eigenvalue weighted by atomic mass is 16.4. The third kappa shape index (κ3) is 30.6. The van der Waals surface area contributed by atoms with Crippen LogP contribution in [0.4, 0.5) is 0 Å². The van der Waals surface area contributed by atoms with Crippen LogP contribution in [0, 0.1) is 11.3 Å². The van der Waals surface area contributed by atoms with E-state index < -0.39 is 200 Å². The number of aliphatic hydroxyl groups excluding tert-OH is 2. The van der Waals surface area contributed by atoms with Gasteiger partial charge >= 0.3 is 5.97 Å². The highest BCUT2D eigenvalue weighted by molar-refractivity contribution is 6.00. The molecule has 642 valence electrons. The van der Waals surface area contributed by atoms with E-state index in [0.717, 1.165) is 6.92 Å². The monoisotopic (exact) mass is 1650 g/mol. The zero-order chi connectivity index (χ0) is 86.5. The molecule has 14 amide bonds. The summed E-state index contributed by atoms with van der Waals surface area (Å²) in [6, 6.07) is 3.00. The number of amides is 14. The first-order valence-corrected chi connectivity index (χ1v) is 39.1. The van der Waals surface area contributed by atoms with Crippen LogP contribution in [0.15, 0.2) is 97.6 Å². The van der Waals surface area contributed by atoms with E-state index in [1.807, 2.05) is 0 Å². The number of aliphatic carboxylic acids is 1. The van der Waals surface area contributed by atoms with Crippen molar-refractivity contribution < 1.29 is 92.3 Å². The van der Waals surface area contributed by atoms with Gasteiger partial charge in [0.25, 0.3) is 0 Å². The largest absolute Gasteiger partial charge is 0.508 e. The third-order valence-electron chi connectivity index (χ3n) is 19.5. The summed E-state index contributed by atoms with van der Waals surface area (Å²) in [5.74, 6) is -15.1. The molecule has 0 unspecified atom stereocenters. The number of phenolic OH excluding ortho intramolecular Hbond substituents is 1. The Hall–Kier alpha value is -12.6. The molecule has 0 aliphatic carbocycles. The van der Waals surface area contributed by atoms with Gasteiger partial charge in [-0.25, -0.2) is 4.98 Å². The van der Waals surface area contributed by atoms with Crippen molar-refractivity contribution >= 4 is 106 Å². The van der Waals surface area contributed by atoms with E-state index >= 15 is 14.4 Å². The standard InChI is InChI=1S/C78H111N21O19/c1-5-6-19-52(91-75(116)61(41-101)97-72(113)57(34-46-24-26-49(103)27-25-46)94-74(115)60(40-100)88-44(4)102)68(109)92-54(28-29-64(105)106)70(111)96-59(36-48-38-83-42-87-48)73(114)93-56(33-45-16-8-7-9-17-45)71(112)90-53(22-14-31-84-78(81)82)69(110)95-58(35-47-37-85-51-20-11-10-18-50(47)51)67(108)86-39-63(104)89-55(21-12-13-30-79)77(118)99-32-15-23-62(99)76(117)98-65(43(2)3)66(80)107/h7-11,16-18,20,24-27,37-38,42-43,52-62,65,85,100-101,103H,5-6,12-15,19,21-23,28-36,39-41,79H2,1-4H3,(H2,80,107)(H,83,87)(H,86,108)(H,88,102)(H,89,104)(H,90,112)(H,91,116)(H,92,109)(H,93,114)(H,94,115)(H,95,110)(H,96,111)(H,97,113)(H,98,117)(H,105,106)(H4,81,82,84)/t52-,53+,54-,55-,56+,57-,58-,59-,60-,61-,62-,65-/m0/s1. The molecule has 0 bridgehead atoms. The lowest BCUT2D eigenvalue weighted by atomic mass is 10.0. The van der Waals surface area contributed by atoms with Crippen LogP contribution >= 0.6 is 0 Å².